The summed E-state index contributed by atoms with van der Waals surface area (Å²) in [6.07, 6.45) is 6.41. The fraction of sp³-hybridized carbons (Fsp3) is 0.600. The lowest BCUT2D eigenvalue weighted by Gasteiger charge is -2.56. The van der Waals surface area contributed by atoms with Crippen molar-refractivity contribution in [2.75, 3.05) is 0 Å². The van der Waals surface area contributed by atoms with Crippen LogP contribution < -0.4 is 0 Å². The van der Waals surface area contributed by atoms with Gasteiger partial charge in [-0.1, -0.05) is 30.3 Å². The predicted molar refractivity (Wildman–Crippen MR) is 88.4 cm³/mol. The Morgan fingerprint density at radius 3 is 2.04 bits per heavy atom. The maximum absolute atomic E-state index is 12.7. The first-order chi connectivity index (χ1) is 11.4. The standard InChI is InChI=1S/C20H24O4/c1-19(23,17(21)16-5-3-2-4-6-16)18(22)24-20-10-13-7-14(11-20)9-15(8-13)12-20/h2-6,13-15,23H,7-12H2,1H3/t13?,14?,15?,19-,20?/m1/s1. The summed E-state index contributed by atoms with van der Waals surface area (Å²) in [4.78, 5) is 25.2. The fourth-order valence-corrected chi connectivity index (χ4v) is 5.42. The minimum Gasteiger partial charge on any atom is -0.457 e. The van der Waals surface area contributed by atoms with E-state index in [2.05, 4.69) is 0 Å². The molecule has 0 saturated heterocycles. The Bertz CT molecular complexity index is 626. The van der Waals surface area contributed by atoms with Crippen molar-refractivity contribution in [2.45, 2.75) is 56.7 Å². The molecule has 0 aromatic heterocycles. The van der Waals surface area contributed by atoms with Crippen LogP contribution in [-0.4, -0.2) is 28.1 Å². The average Bonchev–Trinajstić information content (AvgIpc) is 2.53. The van der Waals surface area contributed by atoms with Gasteiger partial charge in [0, 0.05) is 5.56 Å². The van der Waals surface area contributed by atoms with Gasteiger partial charge in [0.1, 0.15) is 5.60 Å². The molecule has 4 heteroatoms. The highest BCUT2D eigenvalue weighted by atomic mass is 16.6. The van der Waals surface area contributed by atoms with Gasteiger partial charge in [0.25, 0.3) is 0 Å². The maximum atomic E-state index is 12.7. The van der Waals surface area contributed by atoms with E-state index in [1.54, 1.807) is 30.3 Å². The molecule has 4 aliphatic carbocycles. The molecule has 128 valence electrons. The molecule has 0 unspecified atom stereocenters. The van der Waals surface area contributed by atoms with E-state index in [4.69, 9.17) is 4.74 Å². The number of carbonyl (C=O) groups is 2. The van der Waals surface area contributed by atoms with Gasteiger partial charge in [0.2, 0.25) is 11.4 Å². The van der Waals surface area contributed by atoms with Gasteiger partial charge in [0.05, 0.1) is 0 Å². The second-order valence-electron chi connectivity index (χ2n) is 8.26. The van der Waals surface area contributed by atoms with Gasteiger partial charge in [-0.3, -0.25) is 4.79 Å². The van der Waals surface area contributed by atoms with Crippen LogP contribution in [-0.2, 0) is 9.53 Å². The van der Waals surface area contributed by atoms with Gasteiger partial charge < -0.3 is 9.84 Å². The zero-order chi connectivity index (χ0) is 16.9. The van der Waals surface area contributed by atoms with Crippen LogP contribution in [0.3, 0.4) is 0 Å². The van der Waals surface area contributed by atoms with Crippen LogP contribution in [0.5, 0.6) is 0 Å². The first kappa shape index (κ1) is 15.8. The average molecular weight is 328 g/mol. The molecule has 0 radical (unpaired) electrons. The molecular formula is C20H24O4. The molecule has 24 heavy (non-hydrogen) atoms. The van der Waals surface area contributed by atoms with Gasteiger partial charge in [-0.15, -0.1) is 0 Å². The number of esters is 1. The highest BCUT2D eigenvalue weighted by molar-refractivity contribution is 6.14. The molecule has 1 aromatic carbocycles. The first-order valence-electron chi connectivity index (χ1n) is 8.94. The summed E-state index contributed by atoms with van der Waals surface area (Å²) in [5, 5.41) is 10.6. The third-order valence-electron chi connectivity index (χ3n) is 6.17. The maximum Gasteiger partial charge on any atom is 0.346 e. The molecule has 1 N–H and O–H groups in total. The Balaban J connectivity index is 1.52. The zero-order valence-corrected chi connectivity index (χ0v) is 14.0. The lowest BCUT2D eigenvalue weighted by Crippen LogP contribution is -2.56. The summed E-state index contributed by atoms with van der Waals surface area (Å²) in [6, 6.07) is 8.43. The van der Waals surface area contributed by atoms with E-state index in [-0.39, 0.29) is 0 Å². The normalized spacial score (nSPS) is 36.2. The summed E-state index contributed by atoms with van der Waals surface area (Å²) >= 11 is 0. The minimum atomic E-state index is -2.13. The molecule has 4 bridgehead atoms. The first-order valence-corrected chi connectivity index (χ1v) is 8.94. The van der Waals surface area contributed by atoms with Gasteiger partial charge in [0.15, 0.2) is 0 Å². The molecule has 0 amide bonds. The zero-order valence-electron chi connectivity index (χ0n) is 14.0. The van der Waals surface area contributed by atoms with Crippen molar-refractivity contribution in [2.24, 2.45) is 17.8 Å². The van der Waals surface area contributed by atoms with Crippen molar-refractivity contribution in [3.63, 3.8) is 0 Å². The quantitative estimate of drug-likeness (QED) is 0.524. The molecule has 5 rings (SSSR count). The Morgan fingerprint density at radius 2 is 1.54 bits per heavy atom. The molecule has 1 atom stereocenters. The van der Waals surface area contributed by atoms with Crippen LogP contribution in [0, 0.1) is 17.8 Å². The Labute approximate surface area is 142 Å². The third kappa shape index (κ3) is 2.57. The van der Waals surface area contributed by atoms with Crippen LogP contribution in [0.1, 0.15) is 55.8 Å². The Morgan fingerprint density at radius 1 is 1.04 bits per heavy atom. The number of hydrogen-bond acceptors (Lipinski definition) is 4. The predicted octanol–water partition coefficient (Wildman–Crippen LogP) is 3.13. The molecule has 1 aromatic rings. The highest BCUT2D eigenvalue weighted by Crippen LogP contribution is 2.57. The van der Waals surface area contributed by atoms with Gasteiger partial charge >= 0.3 is 5.97 Å². The molecule has 0 heterocycles. The van der Waals surface area contributed by atoms with Crippen molar-refractivity contribution < 1.29 is 19.4 Å². The van der Waals surface area contributed by atoms with Gasteiger partial charge in [-0.25, -0.2) is 4.79 Å². The van der Waals surface area contributed by atoms with Crippen molar-refractivity contribution in [3.8, 4) is 0 Å². The lowest BCUT2D eigenvalue weighted by molar-refractivity contribution is -0.199. The lowest BCUT2D eigenvalue weighted by atomic mass is 9.54. The minimum absolute atomic E-state index is 0.324. The number of Topliss-reactive ketones (excluding diaryl/α,β-unsaturated/α-hetero) is 1. The van der Waals surface area contributed by atoms with E-state index in [9.17, 15) is 14.7 Å². The summed E-state index contributed by atoms with van der Waals surface area (Å²) in [6.45, 7) is 1.26. The number of aliphatic hydroxyl groups is 1. The third-order valence-corrected chi connectivity index (χ3v) is 6.17. The van der Waals surface area contributed by atoms with Crippen LogP contribution >= 0.6 is 0 Å². The van der Waals surface area contributed by atoms with Crippen LogP contribution in [0.15, 0.2) is 30.3 Å². The van der Waals surface area contributed by atoms with Gasteiger partial charge in [-0.05, 0) is 63.2 Å². The number of ketones is 1. The molecule has 4 aliphatic rings. The number of rotatable bonds is 4. The van der Waals surface area contributed by atoms with E-state index in [0.29, 0.717) is 23.3 Å². The van der Waals surface area contributed by atoms with E-state index >= 15 is 0 Å². The summed E-state index contributed by atoms with van der Waals surface area (Å²) in [5.41, 5.74) is -2.26. The number of hydrogen-bond donors (Lipinski definition) is 1. The molecule has 4 saturated carbocycles. The number of benzene rings is 1. The Kier molecular flexibility index (Phi) is 3.57. The molecular weight excluding hydrogens is 304 g/mol. The van der Waals surface area contributed by atoms with E-state index in [0.717, 1.165) is 19.3 Å². The monoisotopic (exact) mass is 328 g/mol. The van der Waals surface area contributed by atoms with Crippen LogP contribution in [0.4, 0.5) is 0 Å². The highest BCUT2D eigenvalue weighted by Gasteiger charge is 2.55. The molecule has 0 spiro atoms. The van der Waals surface area contributed by atoms with Crippen molar-refractivity contribution in [1.29, 1.82) is 0 Å². The fourth-order valence-electron chi connectivity index (χ4n) is 5.42. The largest absolute Gasteiger partial charge is 0.457 e. The van der Waals surface area contributed by atoms with E-state index in [1.807, 2.05) is 0 Å². The van der Waals surface area contributed by atoms with Gasteiger partial charge in [-0.2, -0.15) is 0 Å². The number of ether oxygens (including phenoxy) is 1. The second kappa shape index (κ2) is 5.41. The summed E-state index contributed by atoms with van der Waals surface area (Å²) in [7, 11) is 0. The van der Waals surface area contributed by atoms with Crippen LogP contribution in [0.2, 0.25) is 0 Å². The van der Waals surface area contributed by atoms with Crippen molar-refractivity contribution >= 4 is 11.8 Å². The summed E-state index contributed by atoms with van der Waals surface area (Å²) in [5.74, 6) is 0.521. The van der Waals surface area contributed by atoms with E-state index in [1.165, 1.54) is 26.2 Å². The smallest absolute Gasteiger partial charge is 0.346 e. The molecule has 0 aliphatic heterocycles. The topological polar surface area (TPSA) is 63.6 Å². The second-order valence-corrected chi connectivity index (χ2v) is 8.26. The molecule has 4 nitrogen and oxygen atoms in total. The van der Waals surface area contributed by atoms with Crippen molar-refractivity contribution in [1.82, 2.24) is 0 Å². The SMILES string of the molecule is C[C@](O)(C(=O)OC12CC3CC(CC(C3)C1)C2)C(=O)c1ccccc1. The Hall–Kier alpha value is -1.68. The summed E-state index contributed by atoms with van der Waals surface area (Å²) < 4.78 is 5.85. The van der Waals surface area contributed by atoms with Crippen LogP contribution in [0.25, 0.3) is 0 Å². The molecule has 4 fully saturated rings. The van der Waals surface area contributed by atoms with Crippen molar-refractivity contribution in [3.05, 3.63) is 35.9 Å². The van der Waals surface area contributed by atoms with E-state index < -0.39 is 23.0 Å². The number of carbonyl (C=O) groups excluding carboxylic acids is 2.